The van der Waals surface area contributed by atoms with E-state index in [-0.39, 0.29) is 18.8 Å². The number of benzene rings is 3. The van der Waals surface area contributed by atoms with Gasteiger partial charge >= 0.3 is 5.97 Å². The first-order valence-corrected chi connectivity index (χ1v) is 15.8. The van der Waals surface area contributed by atoms with Crippen molar-refractivity contribution < 1.29 is 23.7 Å². The lowest BCUT2D eigenvalue weighted by molar-refractivity contribution is -0.139. The van der Waals surface area contributed by atoms with E-state index < -0.39 is 12.0 Å². The van der Waals surface area contributed by atoms with Crippen LogP contribution in [0.1, 0.15) is 49.1 Å². The summed E-state index contributed by atoms with van der Waals surface area (Å²) < 4.78 is 25.3. The molecule has 0 bridgehead atoms. The molecule has 0 fully saturated rings. The molecule has 3 aromatic carbocycles. The number of rotatable bonds is 10. The zero-order valence-corrected chi connectivity index (χ0v) is 27.5. The summed E-state index contributed by atoms with van der Waals surface area (Å²) in [6.07, 6.45) is 1.76. The first-order chi connectivity index (χ1) is 21.8. The van der Waals surface area contributed by atoms with Crippen molar-refractivity contribution in [3.8, 4) is 23.3 Å². The van der Waals surface area contributed by atoms with Gasteiger partial charge < -0.3 is 18.9 Å². The first kappa shape index (κ1) is 31.8. The molecule has 1 aliphatic rings. The van der Waals surface area contributed by atoms with Gasteiger partial charge in [0.2, 0.25) is 0 Å². The van der Waals surface area contributed by atoms with Crippen molar-refractivity contribution in [3.05, 3.63) is 118 Å². The molecule has 0 radical (unpaired) electrons. The van der Waals surface area contributed by atoms with Gasteiger partial charge in [-0.3, -0.25) is 9.36 Å². The SMILES string of the molecule is CCOC(=O)C1=C(C)N=c2s/c(=C\c3cc(Br)c(OCc4ccc(C#N)cc4)c(OC)c3)c(=O)n2[C@H]1c1ccc(OCC)cc1. The Labute approximate surface area is 272 Å². The molecule has 11 heteroatoms. The summed E-state index contributed by atoms with van der Waals surface area (Å²) >= 11 is 4.83. The summed E-state index contributed by atoms with van der Waals surface area (Å²) in [6, 6.07) is 19.5. The van der Waals surface area contributed by atoms with Gasteiger partial charge in [0.05, 0.1) is 58.3 Å². The Bertz CT molecular complexity index is 1990. The molecule has 0 N–H and O–H groups in total. The van der Waals surface area contributed by atoms with Crippen LogP contribution in [0.2, 0.25) is 0 Å². The van der Waals surface area contributed by atoms with Crippen LogP contribution in [-0.2, 0) is 16.1 Å². The minimum absolute atomic E-state index is 0.194. The number of hydrogen-bond acceptors (Lipinski definition) is 9. The Hall–Kier alpha value is -4.66. The second-order valence-electron chi connectivity index (χ2n) is 9.94. The molecule has 4 aromatic rings. The second kappa shape index (κ2) is 14.0. The summed E-state index contributed by atoms with van der Waals surface area (Å²) in [5.41, 5.74) is 3.42. The van der Waals surface area contributed by atoms with E-state index in [1.54, 1.807) is 49.8 Å². The molecule has 0 spiro atoms. The van der Waals surface area contributed by atoms with Crippen molar-refractivity contribution >= 4 is 39.3 Å². The van der Waals surface area contributed by atoms with E-state index >= 15 is 0 Å². The maximum atomic E-state index is 14.0. The van der Waals surface area contributed by atoms with Crippen LogP contribution in [0.15, 0.2) is 86.2 Å². The predicted molar refractivity (Wildman–Crippen MR) is 174 cm³/mol. The number of esters is 1. The fourth-order valence-corrected chi connectivity index (χ4v) is 6.59. The quantitative estimate of drug-likeness (QED) is 0.205. The third-order valence-corrected chi connectivity index (χ3v) is 8.61. The van der Waals surface area contributed by atoms with Gasteiger partial charge in [0.15, 0.2) is 16.3 Å². The lowest BCUT2D eigenvalue weighted by atomic mass is 9.96. The van der Waals surface area contributed by atoms with Crippen molar-refractivity contribution in [2.24, 2.45) is 4.99 Å². The topological polar surface area (TPSA) is 112 Å². The Morgan fingerprint density at radius 1 is 1.09 bits per heavy atom. The number of halogens is 1. The number of hydrogen-bond donors (Lipinski definition) is 0. The first-order valence-electron chi connectivity index (χ1n) is 14.2. The van der Waals surface area contributed by atoms with E-state index in [0.717, 1.165) is 11.1 Å². The molecule has 230 valence electrons. The number of thiazole rings is 1. The van der Waals surface area contributed by atoms with Gasteiger partial charge in [0, 0.05) is 0 Å². The Kier molecular flexibility index (Phi) is 9.86. The number of aromatic nitrogens is 1. The molecular formula is C34H30BrN3O6S. The van der Waals surface area contributed by atoms with E-state index in [1.165, 1.54) is 11.3 Å². The lowest BCUT2D eigenvalue weighted by Crippen LogP contribution is -2.39. The number of carbonyl (C=O) groups excluding carboxylic acids is 1. The van der Waals surface area contributed by atoms with Crippen molar-refractivity contribution in [3.63, 3.8) is 0 Å². The van der Waals surface area contributed by atoms with Crippen molar-refractivity contribution in [1.82, 2.24) is 4.57 Å². The van der Waals surface area contributed by atoms with E-state index in [2.05, 4.69) is 27.0 Å². The average molecular weight is 689 g/mol. The fourth-order valence-electron chi connectivity index (χ4n) is 4.97. The zero-order valence-electron chi connectivity index (χ0n) is 25.1. The molecule has 0 saturated heterocycles. The number of ether oxygens (including phenoxy) is 4. The van der Waals surface area contributed by atoms with Crippen LogP contribution in [0.3, 0.4) is 0 Å². The Balaban J connectivity index is 1.54. The van der Waals surface area contributed by atoms with E-state index in [9.17, 15) is 9.59 Å². The third kappa shape index (κ3) is 6.72. The number of methoxy groups -OCH3 is 1. The molecule has 1 aliphatic heterocycles. The van der Waals surface area contributed by atoms with Crippen LogP contribution >= 0.6 is 27.3 Å². The maximum absolute atomic E-state index is 14.0. The number of nitrogens with zero attached hydrogens (tertiary/aromatic N) is 3. The number of carbonyl (C=O) groups is 1. The van der Waals surface area contributed by atoms with Gasteiger partial charge in [-0.1, -0.05) is 35.6 Å². The standard InChI is InChI=1S/C34H30BrN3O6S/c1-5-42-25-13-11-24(12-14-25)30-29(33(40)43-6-2)20(3)37-34-38(30)32(39)28(45-34)17-23-15-26(35)31(27(16-23)41-4)44-19-22-9-7-21(18-36)8-10-22/h7-17,30H,5-6,19H2,1-4H3/b28-17-/t30-/m0/s1. The second-order valence-corrected chi connectivity index (χ2v) is 11.8. The minimum atomic E-state index is -0.725. The van der Waals surface area contributed by atoms with Gasteiger partial charge in [-0.25, -0.2) is 9.79 Å². The molecule has 1 aromatic heterocycles. The molecule has 0 unspecified atom stereocenters. The van der Waals surface area contributed by atoms with Crippen LogP contribution in [0.4, 0.5) is 0 Å². The monoisotopic (exact) mass is 687 g/mol. The highest BCUT2D eigenvalue weighted by molar-refractivity contribution is 9.10. The van der Waals surface area contributed by atoms with Crippen molar-refractivity contribution in [2.75, 3.05) is 20.3 Å². The highest BCUT2D eigenvalue weighted by atomic mass is 79.9. The molecule has 5 rings (SSSR count). The number of allylic oxidation sites excluding steroid dienone is 1. The predicted octanol–water partition coefficient (Wildman–Crippen LogP) is 5.42. The zero-order chi connectivity index (χ0) is 32.1. The highest BCUT2D eigenvalue weighted by Crippen LogP contribution is 2.37. The normalized spacial score (nSPS) is 14.3. The van der Waals surface area contributed by atoms with Gasteiger partial charge in [-0.15, -0.1) is 0 Å². The average Bonchev–Trinajstić information content (AvgIpc) is 3.34. The number of nitriles is 1. The van der Waals surface area contributed by atoms with E-state index in [1.807, 2.05) is 49.4 Å². The lowest BCUT2D eigenvalue weighted by Gasteiger charge is -2.24. The van der Waals surface area contributed by atoms with Gasteiger partial charge in [-0.2, -0.15) is 5.26 Å². The highest BCUT2D eigenvalue weighted by Gasteiger charge is 2.33. The van der Waals surface area contributed by atoms with Crippen LogP contribution in [-0.4, -0.2) is 30.9 Å². The van der Waals surface area contributed by atoms with Crippen molar-refractivity contribution in [1.29, 1.82) is 5.26 Å². The molecule has 9 nitrogen and oxygen atoms in total. The van der Waals surface area contributed by atoms with Crippen molar-refractivity contribution in [2.45, 2.75) is 33.4 Å². The minimum Gasteiger partial charge on any atom is -0.494 e. The summed E-state index contributed by atoms with van der Waals surface area (Å²) in [5, 5.41) is 9.04. The van der Waals surface area contributed by atoms with Crippen LogP contribution < -0.4 is 29.1 Å². The third-order valence-electron chi connectivity index (χ3n) is 7.04. The molecule has 0 saturated carbocycles. The summed E-state index contributed by atoms with van der Waals surface area (Å²) in [5.74, 6) is 1.16. The fraction of sp³-hybridized carbons (Fsp3) is 0.235. The van der Waals surface area contributed by atoms with Crippen LogP contribution in [0.5, 0.6) is 17.2 Å². The van der Waals surface area contributed by atoms with Gasteiger partial charge in [0.25, 0.3) is 5.56 Å². The summed E-state index contributed by atoms with van der Waals surface area (Å²) in [7, 11) is 1.55. The number of fused-ring (bicyclic) bond motifs is 1. The molecule has 2 heterocycles. The van der Waals surface area contributed by atoms with Crippen LogP contribution in [0.25, 0.3) is 6.08 Å². The smallest absolute Gasteiger partial charge is 0.338 e. The van der Waals surface area contributed by atoms with Crippen LogP contribution in [0, 0.1) is 11.3 Å². The Morgan fingerprint density at radius 3 is 2.47 bits per heavy atom. The Morgan fingerprint density at radius 2 is 1.82 bits per heavy atom. The molecule has 45 heavy (non-hydrogen) atoms. The maximum Gasteiger partial charge on any atom is 0.338 e. The molecule has 1 atom stereocenters. The van der Waals surface area contributed by atoms with Gasteiger partial charge in [0.1, 0.15) is 12.4 Å². The molecule has 0 amide bonds. The van der Waals surface area contributed by atoms with E-state index in [0.29, 0.717) is 60.1 Å². The summed E-state index contributed by atoms with van der Waals surface area (Å²) in [4.78, 5) is 32.3. The summed E-state index contributed by atoms with van der Waals surface area (Å²) in [6.45, 7) is 6.39. The molecule has 0 aliphatic carbocycles. The van der Waals surface area contributed by atoms with Gasteiger partial charge in [-0.05, 0) is 95.9 Å². The largest absolute Gasteiger partial charge is 0.494 e. The van der Waals surface area contributed by atoms with E-state index in [4.69, 9.17) is 24.2 Å². The molecular weight excluding hydrogens is 658 g/mol.